The third kappa shape index (κ3) is 31.6. The van der Waals surface area contributed by atoms with Gasteiger partial charge in [0.2, 0.25) is 0 Å². The Kier molecular flexibility index (Phi) is 31.3. The molecule has 182 valence electrons. The van der Waals surface area contributed by atoms with Crippen LogP contribution in [0.2, 0.25) is 0 Å². The fraction of sp³-hybridized carbons (Fsp3) is 0.923. The van der Waals surface area contributed by atoms with Crippen molar-refractivity contribution in [3.8, 4) is 0 Å². The molecule has 1 fully saturated rings. The zero-order valence-electron chi connectivity index (χ0n) is 19.7. The number of aliphatic carboxylic acids is 2. The third-order valence-corrected chi connectivity index (χ3v) is 5.41. The van der Waals surface area contributed by atoms with Crippen LogP contribution in [0.5, 0.6) is 0 Å². The molecule has 4 heteroatoms. The Balaban J connectivity index is -0.000000359. The van der Waals surface area contributed by atoms with Crippen LogP contribution in [0.3, 0.4) is 0 Å². The van der Waals surface area contributed by atoms with Crippen molar-refractivity contribution in [3.05, 3.63) is 0 Å². The number of carboxylic acid groups (broad SMARTS) is 2. The highest BCUT2D eigenvalue weighted by atomic mass is 16.4. The number of hydrogen-bond acceptors (Lipinski definition) is 2. The molecule has 0 spiro atoms. The van der Waals surface area contributed by atoms with E-state index in [4.69, 9.17) is 10.2 Å². The number of hydrogen-bond donors (Lipinski definition) is 2. The van der Waals surface area contributed by atoms with Crippen LogP contribution in [0.1, 0.15) is 150 Å². The number of unbranched alkanes of at least 4 members (excludes halogenated alkanes) is 8. The van der Waals surface area contributed by atoms with Crippen LogP contribution in [0.25, 0.3) is 0 Å². The highest BCUT2D eigenvalue weighted by molar-refractivity contribution is 5.66. The Bertz CT molecular complexity index is 322. The number of carboxylic acids is 2. The molecule has 30 heavy (non-hydrogen) atoms. The summed E-state index contributed by atoms with van der Waals surface area (Å²) in [6.45, 7) is 6.60. The van der Waals surface area contributed by atoms with Gasteiger partial charge in [-0.2, -0.15) is 0 Å². The van der Waals surface area contributed by atoms with E-state index in [1.54, 1.807) is 0 Å². The monoisotopic (exact) mass is 430 g/mol. The molecule has 0 aromatic rings. The Morgan fingerprint density at radius 2 is 1.03 bits per heavy atom. The zero-order valence-corrected chi connectivity index (χ0v) is 19.7. The van der Waals surface area contributed by atoms with Gasteiger partial charge in [-0.05, 0) is 18.8 Å². The molecule has 0 atom stereocenters. The van der Waals surface area contributed by atoms with E-state index < -0.39 is 11.9 Å². The molecule has 0 aromatic heterocycles. The predicted molar refractivity (Wildman–Crippen MR) is 130 cm³/mol. The summed E-state index contributed by atoms with van der Waals surface area (Å²) in [6, 6.07) is 0. The molecular weight excluding hydrogens is 376 g/mol. The van der Waals surface area contributed by atoms with E-state index in [9.17, 15) is 9.59 Å². The van der Waals surface area contributed by atoms with Crippen molar-refractivity contribution in [2.45, 2.75) is 150 Å². The van der Waals surface area contributed by atoms with E-state index in [0.29, 0.717) is 12.8 Å². The molecule has 1 aliphatic rings. The molecule has 0 aromatic carbocycles. The van der Waals surface area contributed by atoms with Gasteiger partial charge < -0.3 is 10.2 Å². The fourth-order valence-corrected chi connectivity index (χ4v) is 3.64. The van der Waals surface area contributed by atoms with Crippen molar-refractivity contribution in [1.29, 1.82) is 0 Å². The summed E-state index contributed by atoms with van der Waals surface area (Å²) in [4.78, 5) is 20.1. The molecular formula is C26H54O4. The quantitative estimate of drug-likeness (QED) is 0.270. The lowest BCUT2D eigenvalue weighted by Crippen LogP contribution is -2.04. The SMILES string of the molecule is C.CCCC1CCCCC1.CCCCCCCC(=O)O.CCCCCCCC(=O)O. The molecule has 4 nitrogen and oxygen atoms in total. The second kappa shape index (κ2) is 27.9. The van der Waals surface area contributed by atoms with Crippen LogP contribution in [-0.2, 0) is 9.59 Å². The van der Waals surface area contributed by atoms with Gasteiger partial charge in [-0.3, -0.25) is 9.59 Å². The Labute approximate surface area is 188 Å². The first kappa shape index (κ1) is 33.6. The predicted octanol–water partition coefficient (Wildman–Crippen LogP) is 8.87. The highest BCUT2D eigenvalue weighted by Crippen LogP contribution is 2.26. The Hall–Kier alpha value is -1.06. The van der Waals surface area contributed by atoms with Crippen LogP contribution >= 0.6 is 0 Å². The molecule has 0 heterocycles. The molecule has 0 bridgehead atoms. The maximum Gasteiger partial charge on any atom is 0.303 e. The maximum absolute atomic E-state index is 10.0. The summed E-state index contributed by atoms with van der Waals surface area (Å²) >= 11 is 0. The second-order valence-electron chi connectivity index (χ2n) is 8.41. The average Bonchev–Trinajstić information content (AvgIpc) is 2.69. The van der Waals surface area contributed by atoms with E-state index in [1.165, 1.54) is 83.5 Å². The zero-order chi connectivity index (χ0) is 22.2. The van der Waals surface area contributed by atoms with E-state index in [2.05, 4.69) is 20.8 Å². The van der Waals surface area contributed by atoms with E-state index in [0.717, 1.165) is 31.6 Å². The van der Waals surface area contributed by atoms with Gasteiger partial charge in [0.15, 0.2) is 0 Å². The van der Waals surface area contributed by atoms with E-state index >= 15 is 0 Å². The maximum atomic E-state index is 10.0. The molecule has 0 amide bonds. The molecule has 0 unspecified atom stereocenters. The lowest BCUT2D eigenvalue weighted by Gasteiger charge is -2.20. The summed E-state index contributed by atoms with van der Waals surface area (Å²) in [5, 5.41) is 16.5. The Morgan fingerprint density at radius 1 is 0.633 bits per heavy atom. The first-order valence-corrected chi connectivity index (χ1v) is 12.4. The minimum atomic E-state index is -0.670. The minimum absolute atomic E-state index is 0. The lowest BCUT2D eigenvalue weighted by molar-refractivity contribution is -0.138. The second-order valence-corrected chi connectivity index (χ2v) is 8.41. The van der Waals surface area contributed by atoms with Crippen molar-refractivity contribution in [2.24, 2.45) is 5.92 Å². The fourth-order valence-electron chi connectivity index (χ4n) is 3.64. The molecule has 0 saturated heterocycles. The van der Waals surface area contributed by atoms with Gasteiger partial charge in [0.1, 0.15) is 0 Å². The molecule has 0 radical (unpaired) electrons. The first-order chi connectivity index (χ1) is 14.0. The van der Waals surface area contributed by atoms with Gasteiger partial charge >= 0.3 is 11.9 Å². The number of carbonyl (C=O) groups is 2. The summed E-state index contributed by atoms with van der Waals surface area (Å²) in [5.74, 6) is -0.239. The summed E-state index contributed by atoms with van der Waals surface area (Å²) in [7, 11) is 0. The summed E-state index contributed by atoms with van der Waals surface area (Å²) in [6.07, 6.45) is 22.2. The van der Waals surface area contributed by atoms with Crippen molar-refractivity contribution >= 4 is 11.9 Å². The van der Waals surface area contributed by atoms with Gasteiger partial charge in [-0.25, -0.2) is 0 Å². The van der Waals surface area contributed by atoms with Gasteiger partial charge in [0, 0.05) is 12.8 Å². The molecule has 1 rings (SSSR count). The lowest BCUT2D eigenvalue weighted by atomic mass is 9.86. The van der Waals surface area contributed by atoms with Crippen LogP contribution in [0, 0.1) is 5.92 Å². The summed E-state index contributed by atoms with van der Waals surface area (Å²) in [5.41, 5.74) is 0. The van der Waals surface area contributed by atoms with E-state index in [1.807, 2.05) is 0 Å². The van der Waals surface area contributed by atoms with Gasteiger partial charge in [0.25, 0.3) is 0 Å². The smallest absolute Gasteiger partial charge is 0.303 e. The topological polar surface area (TPSA) is 74.6 Å². The van der Waals surface area contributed by atoms with Gasteiger partial charge in [0.05, 0.1) is 0 Å². The van der Waals surface area contributed by atoms with Crippen molar-refractivity contribution in [3.63, 3.8) is 0 Å². The van der Waals surface area contributed by atoms with E-state index in [-0.39, 0.29) is 7.43 Å². The average molecular weight is 431 g/mol. The van der Waals surface area contributed by atoms with Crippen LogP contribution in [0.15, 0.2) is 0 Å². The van der Waals surface area contributed by atoms with Gasteiger partial charge in [-0.1, -0.05) is 125 Å². The van der Waals surface area contributed by atoms with Crippen molar-refractivity contribution in [1.82, 2.24) is 0 Å². The molecule has 0 aliphatic heterocycles. The standard InChI is InChI=1S/C9H18.2C8H16O2.CH4/c1-2-6-9-7-4-3-5-8-9;2*1-2-3-4-5-6-7-8(9)10;/h9H,2-8H2,1H3;2*2-7H2,1H3,(H,9,10);1H4. The van der Waals surface area contributed by atoms with Crippen molar-refractivity contribution in [2.75, 3.05) is 0 Å². The van der Waals surface area contributed by atoms with Crippen molar-refractivity contribution < 1.29 is 19.8 Å². The molecule has 1 aliphatic carbocycles. The van der Waals surface area contributed by atoms with Crippen LogP contribution < -0.4 is 0 Å². The third-order valence-electron chi connectivity index (χ3n) is 5.41. The first-order valence-electron chi connectivity index (χ1n) is 12.4. The largest absolute Gasteiger partial charge is 0.481 e. The van der Waals surface area contributed by atoms with Crippen LogP contribution in [0.4, 0.5) is 0 Å². The normalized spacial score (nSPS) is 13.2. The number of rotatable bonds is 14. The molecule has 1 saturated carbocycles. The summed E-state index contributed by atoms with van der Waals surface area (Å²) < 4.78 is 0. The Morgan fingerprint density at radius 3 is 1.37 bits per heavy atom. The minimum Gasteiger partial charge on any atom is -0.481 e. The van der Waals surface area contributed by atoms with Crippen LogP contribution in [-0.4, -0.2) is 22.2 Å². The van der Waals surface area contributed by atoms with Gasteiger partial charge in [-0.15, -0.1) is 0 Å². The molecule has 2 N–H and O–H groups in total. The highest BCUT2D eigenvalue weighted by Gasteiger charge is 2.11.